The number of rotatable bonds is 5. The Morgan fingerprint density at radius 3 is 2.58 bits per heavy atom. The number of likely N-dealkylation sites (tertiary alicyclic amines) is 1. The molecule has 2 aromatic heterocycles. The molecule has 1 aromatic carbocycles. The Morgan fingerprint density at radius 1 is 1.12 bits per heavy atom. The van der Waals surface area contributed by atoms with Crippen molar-refractivity contribution < 1.29 is 14.0 Å². The van der Waals surface area contributed by atoms with Crippen LogP contribution in [0, 0.1) is 5.82 Å². The average molecular weight is 387 g/mol. The first-order valence-corrected chi connectivity index (χ1v) is 9.88. The summed E-state index contributed by atoms with van der Waals surface area (Å²) in [5.74, 6) is 0.126. The highest BCUT2D eigenvalue weighted by Gasteiger charge is 2.28. The number of aromatic nitrogens is 2. The summed E-state index contributed by atoms with van der Waals surface area (Å²) >= 11 is 3.06. The van der Waals surface area contributed by atoms with Gasteiger partial charge in [-0.25, -0.2) is 14.4 Å². The minimum atomic E-state index is -0.267. The van der Waals surface area contributed by atoms with Gasteiger partial charge in [0.1, 0.15) is 17.2 Å². The van der Waals surface area contributed by atoms with E-state index in [1.165, 1.54) is 35.1 Å². The molecule has 0 aliphatic carbocycles. The maximum atomic E-state index is 13.1. The molecule has 1 saturated heterocycles. The highest BCUT2D eigenvalue weighted by Crippen LogP contribution is 2.37. The number of carbonyl (C=O) groups excluding carboxylic acids is 2. The number of fused-ring (bicyclic) bond motifs is 1. The first-order chi connectivity index (χ1) is 12.6. The van der Waals surface area contributed by atoms with Crippen LogP contribution in [0.3, 0.4) is 0 Å². The van der Waals surface area contributed by atoms with Gasteiger partial charge in [-0.2, -0.15) is 0 Å². The second-order valence-corrected chi connectivity index (χ2v) is 7.93. The van der Waals surface area contributed by atoms with Gasteiger partial charge in [-0.1, -0.05) is 12.1 Å². The smallest absolute Gasteiger partial charge is 0.229 e. The van der Waals surface area contributed by atoms with Crippen LogP contribution in [-0.4, -0.2) is 39.0 Å². The van der Waals surface area contributed by atoms with Gasteiger partial charge in [0.25, 0.3) is 0 Å². The Hall–Kier alpha value is -2.32. The second kappa shape index (κ2) is 7.13. The van der Waals surface area contributed by atoms with Gasteiger partial charge in [-0.15, -0.1) is 23.1 Å². The molecule has 3 aromatic rings. The van der Waals surface area contributed by atoms with Crippen molar-refractivity contribution in [2.45, 2.75) is 17.9 Å². The van der Waals surface area contributed by atoms with E-state index in [0.29, 0.717) is 25.1 Å². The predicted octanol–water partition coefficient (Wildman–Crippen LogP) is 3.74. The van der Waals surface area contributed by atoms with Gasteiger partial charge in [-0.05, 0) is 23.8 Å². The summed E-state index contributed by atoms with van der Waals surface area (Å²) in [6.45, 7) is 0.393. The summed E-state index contributed by atoms with van der Waals surface area (Å²) in [4.78, 5) is 34.3. The van der Waals surface area contributed by atoms with Gasteiger partial charge >= 0.3 is 0 Å². The average Bonchev–Trinajstić information content (AvgIpc) is 3.21. The summed E-state index contributed by atoms with van der Waals surface area (Å²) in [6, 6.07) is 8.32. The molecule has 1 fully saturated rings. The molecule has 132 valence electrons. The van der Waals surface area contributed by atoms with E-state index in [1.54, 1.807) is 23.5 Å². The molecule has 4 rings (SSSR count). The van der Waals surface area contributed by atoms with Crippen molar-refractivity contribution in [2.24, 2.45) is 0 Å². The third kappa shape index (κ3) is 3.34. The van der Waals surface area contributed by atoms with Crippen LogP contribution < -0.4 is 0 Å². The highest BCUT2D eigenvalue weighted by atomic mass is 32.2. The first kappa shape index (κ1) is 17.1. The third-order valence-corrected chi connectivity index (χ3v) is 6.39. The summed E-state index contributed by atoms with van der Waals surface area (Å²) in [5, 5.41) is 0.826. The van der Waals surface area contributed by atoms with Crippen LogP contribution in [0.15, 0.2) is 41.7 Å². The molecule has 8 heteroatoms. The summed E-state index contributed by atoms with van der Waals surface area (Å²) in [6.07, 6.45) is 2.14. The zero-order valence-electron chi connectivity index (χ0n) is 13.6. The number of benzene rings is 1. The SMILES string of the molecule is O=C1CCC(=O)N1CCSc1ncnc2cc(-c3ccc(F)cc3)sc12. The van der Waals surface area contributed by atoms with E-state index in [0.717, 1.165) is 25.7 Å². The van der Waals surface area contributed by atoms with Crippen molar-refractivity contribution in [3.8, 4) is 10.4 Å². The van der Waals surface area contributed by atoms with Crippen molar-refractivity contribution in [3.63, 3.8) is 0 Å². The maximum absolute atomic E-state index is 13.1. The fourth-order valence-corrected chi connectivity index (χ4v) is 4.92. The van der Waals surface area contributed by atoms with Crippen molar-refractivity contribution >= 4 is 45.1 Å². The van der Waals surface area contributed by atoms with Crippen LogP contribution in [-0.2, 0) is 9.59 Å². The fraction of sp³-hybridized carbons (Fsp3) is 0.222. The van der Waals surface area contributed by atoms with Crippen molar-refractivity contribution in [1.29, 1.82) is 0 Å². The van der Waals surface area contributed by atoms with Gasteiger partial charge in [-0.3, -0.25) is 14.5 Å². The van der Waals surface area contributed by atoms with Crippen LogP contribution in [0.25, 0.3) is 20.7 Å². The van der Waals surface area contributed by atoms with Crippen molar-refractivity contribution in [3.05, 3.63) is 42.5 Å². The van der Waals surface area contributed by atoms with Gasteiger partial charge in [0.2, 0.25) is 11.8 Å². The van der Waals surface area contributed by atoms with Gasteiger partial charge in [0.05, 0.1) is 10.2 Å². The van der Waals surface area contributed by atoms with E-state index in [-0.39, 0.29) is 17.6 Å². The number of amides is 2. The number of thioether (sulfide) groups is 1. The minimum Gasteiger partial charge on any atom is -0.282 e. The van der Waals surface area contributed by atoms with Gasteiger partial charge in [0.15, 0.2) is 0 Å². The van der Waals surface area contributed by atoms with Crippen LogP contribution in [0.1, 0.15) is 12.8 Å². The number of carbonyl (C=O) groups is 2. The summed E-state index contributed by atoms with van der Waals surface area (Å²) in [7, 11) is 0. The van der Waals surface area contributed by atoms with Crippen LogP contribution in [0.5, 0.6) is 0 Å². The molecule has 3 heterocycles. The van der Waals surface area contributed by atoms with E-state index in [9.17, 15) is 14.0 Å². The molecule has 0 bridgehead atoms. The molecule has 2 amide bonds. The Bertz CT molecular complexity index is 972. The van der Waals surface area contributed by atoms with E-state index >= 15 is 0 Å². The molecule has 0 spiro atoms. The number of hydrogen-bond acceptors (Lipinski definition) is 6. The van der Waals surface area contributed by atoms with Crippen molar-refractivity contribution in [2.75, 3.05) is 12.3 Å². The second-order valence-electron chi connectivity index (χ2n) is 5.80. The third-order valence-electron chi connectivity index (χ3n) is 4.12. The van der Waals surface area contributed by atoms with E-state index in [2.05, 4.69) is 9.97 Å². The molecule has 5 nitrogen and oxygen atoms in total. The molecule has 0 atom stereocenters. The molecule has 0 N–H and O–H groups in total. The van der Waals surface area contributed by atoms with E-state index in [4.69, 9.17) is 0 Å². The van der Waals surface area contributed by atoms with Crippen LogP contribution in [0.4, 0.5) is 4.39 Å². The van der Waals surface area contributed by atoms with E-state index < -0.39 is 0 Å². The summed E-state index contributed by atoms with van der Waals surface area (Å²) < 4.78 is 14.1. The zero-order chi connectivity index (χ0) is 18.1. The van der Waals surface area contributed by atoms with Crippen LogP contribution in [0.2, 0.25) is 0 Å². The van der Waals surface area contributed by atoms with E-state index in [1.807, 2.05) is 6.07 Å². The quantitative estimate of drug-likeness (QED) is 0.379. The molecule has 0 radical (unpaired) electrons. The Balaban J connectivity index is 1.53. The molecule has 1 aliphatic heterocycles. The normalized spacial score (nSPS) is 14.6. The molecular weight excluding hydrogens is 373 g/mol. The monoisotopic (exact) mass is 387 g/mol. The Morgan fingerprint density at radius 2 is 1.85 bits per heavy atom. The Labute approximate surface area is 157 Å². The molecule has 0 saturated carbocycles. The Kier molecular flexibility index (Phi) is 4.69. The van der Waals surface area contributed by atoms with Crippen LogP contribution >= 0.6 is 23.1 Å². The lowest BCUT2D eigenvalue weighted by Gasteiger charge is -2.12. The molecule has 26 heavy (non-hydrogen) atoms. The summed E-state index contributed by atoms with van der Waals surface area (Å²) in [5.41, 5.74) is 1.76. The molecule has 0 unspecified atom stereocenters. The molecular formula is C18H14FN3O2S2. The van der Waals surface area contributed by atoms with Gasteiger partial charge < -0.3 is 0 Å². The lowest BCUT2D eigenvalue weighted by atomic mass is 10.2. The first-order valence-electron chi connectivity index (χ1n) is 8.08. The number of hydrogen-bond donors (Lipinski definition) is 0. The zero-order valence-corrected chi connectivity index (χ0v) is 15.3. The minimum absolute atomic E-state index is 0.0989. The standard InChI is InChI=1S/C18H14FN3O2S2/c19-12-3-1-11(2-4-12)14-9-13-17(26-14)18(21-10-20-13)25-8-7-22-15(23)5-6-16(22)24/h1-4,9-10H,5-8H2. The predicted molar refractivity (Wildman–Crippen MR) is 99.5 cm³/mol. The number of thiophene rings is 1. The molecule has 1 aliphatic rings. The lowest BCUT2D eigenvalue weighted by Crippen LogP contribution is -2.31. The number of imide groups is 1. The highest BCUT2D eigenvalue weighted by molar-refractivity contribution is 7.99. The fourth-order valence-electron chi connectivity index (χ4n) is 2.80. The van der Waals surface area contributed by atoms with Crippen molar-refractivity contribution in [1.82, 2.24) is 14.9 Å². The van der Waals surface area contributed by atoms with Gasteiger partial charge in [0, 0.05) is 30.0 Å². The maximum Gasteiger partial charge on any atom is 0.229 e. The largest absolute Gasteiger partial charge is 0.282 e. The lowest BCUT2D eigenvalue weighted by molar-refractivity contribution is -0.137. The number of halogens is 1. The number of nitrogens with zero attached hydrogens (tertiary/aromatic N) is 3. The topological polar surface area (TPSA) is 63.2 Å².